The minimum absolute atomic E-state index is 0.495. The third kappa shape index (κ3) is 3.91. The van der Waals surface area contributed by atoms with Crippen LogP contribution in [0, 0.1) is 0 Å². The molecule has 0 saturated heterocycles. The molecular formula is C29H29GeNS. The molecule has 32 heavy (non-hydrogen) atoms. The summed E-state index contributed by atoms with van der Waals surface area (Å²) in [4.78, 5) is 4.72. The van der Waals surface area contributed by atoms with E-state index in [2.05, 4.69) is 104 Å². The van der Waals surface area contributed by atoms with Crippen molar-refractivity contribution in [3.05, 3.63) is 84.6 Å². The quantitative estimate of drug-likeness (QED) is 0.228. The molecule has 3 aromatic carbocycles. The molecule has 0 spiro atoms. The molecule has 0 fully saturated rings. The number of hydrogen-bond acceptors (Lipinski definition) is 2. The second-order valence-corrected chi connectivity index (χ2v) is 21.7. The van der Waals surface area contributed by atoms with Crippen molar-refractivity contribution in [2.24, 2.45) is 0 Å². The Bertz CT molecular complexity index is 1420. The standard InChI is InChI=1S/C29H29GeNS/c1-19(2)21-15-16-31-27(17-21)26-8-6-7-25-24-14-11-22(18-28(24)32-29(25)26)20-9-12-23(13-10-20)30(3,4)5/h6-19H,1-5H3. The van der Waals surface area contributed by atoms with Crippen LogP contribution in [0.3, 0.4) is 0 Å². The molecule has 5 aromatic rings. The van der Waals surface area contributed by atoms with Gasteiger partial charge in [-0.3, -0.25) is 0 Å². The average Bonchev–Trinajstić information content (AvgIpc) is 3.16. The Morgan fingerprint density at radius 3 is 2.25 bits per heavy atom. The summed E-state index contributed by atoms with van der Waals surface area (Å²) in [5.74, 6) is 7.83. The van der Waals surface area contributed by atoms with E-state index in [1.165, 1.54) is 42.4 Å². The van der Waals surface area contributed by atoms with Gasteiger partial charge in [-0.25, -0.2) is 0 Å². The van der Waals surface area contributed by atoms with Gasteiger partial charge in [-0.1, -0.05) is 13.8 Å². The van der Waals surface area contributed by atoms with Crippen LogP contribution in [0.15, 0.2) is 79.0 Å². The van der Waals surface area contributed by atoms with E-state index in [1.54, 1.807) is 4.40 Å². The van der Waals surface area contributed by atoms with Crippen LogP contribution in [0.25, 0.3) is 42.6 Å². The summed E-state index contributed by atoms with van der Waals surface area (Å²) in [5, 5.41) is 2.65. The van der Waals surface area contributed by atoms with Crippen molar-refractivity contribution in [2.75, 3.05) is 0 Å². The van der Waals surface area contributed by atoms with Crippen molar-refractivity contribution < 1.29 is 0 Å². The molecule has 0 atom stereocenters. The van der Waals surface area contributed by atoms with Gasteiger partial charge in [0.25, 0.3) is 0 Å². The fourth-order valence-electron chi connectivity index (χ4n) is 4.30. The molecule has 1 nitrogen and oxygen atoms in total. The van der Waals surface area contributed by atoms with Gasteiger partial charge in [-0.15, -0.1) is 0 Å². The van der Waals surface area contributed by atoms with Crippen molar-refractivity contribution in [1.82, 2.24) is 4.98 Å². The molecule has 0 unspecified atom stereocenters. The molecule has 0 radical (unpaired) electrons. The summed E-state index contributed by atoms with van der Waals surface area (Å²) in [6.45, 7) is 4.47. The van der Waals surface area contributed by atoms with Gasteiger partial charge in [0.15, 0.2) is 0 Å². The Hall–Kier alpha value is -2.43. The number of pyridine rings is 1. The molecule has 0 aliphatic carbocycles. The maximum absolute atomic E-state index is 4.72. The van der Waals surface area contributed by atoms with E-state index in [0.29, 0.717) is 5.92 Å². The summed E-state index contributed by atoms with van der Waals surface area (Å²) in [6, 6.07) is 27.2. The predicted molar refractivity (Wildman–Crippen MR) is 145 cm³/mol. The third-order valence-corrected chi connectivity index (χ3v) is 11.8. The van der Waals surface area contributed by atoms with Crippen LogP contribution in [-0.2, 0) is 0 Å². The monoisotopic (exact) mass is 497 g/mol. The fraction of sp³-hybridized carbons (Fsp3) is 0.207. The Morgan fingerprint density at radius 1 is 0.781 bits per heavy atom. The summed E-state index contributed by atoms with van der Waals surface area (Å²) in [7, 11) is 0. The maximum atomic E-state index is 4.72. The molecule has 0 saturated carbocycles. The SMILES string of the molecule is CC(C)c1ccnc(-c2cccc3c2sc2cc(-c4cc[c]([Ge]([CH3])([CH3])[CH3])cc4)ccc23)c1. The van der Waals surface area contributed by atoms with E-state index in [4.69, 9.17) is 4.98 Å². The molecule has 5 rings (SSSR count). The number of benzene rings is 3. The number of rotatable bonds is 4. The molecule has 2 heterocycles. The summed E-state index contributed by atoms with van der Waals surface area (Å²) >= 11 is 0.0989. The van der Waals surface area contributed by atoms with Crippen LogP contribution in [0.4, 0.5) is 0 Å². The van der Waals surface area contributed by atoms with Gasteiger partial charge in [0.2, 0.25) is 0 Å². The molecular weight excluding hydrogens is 467 g/mol. The topological polar surface area (TPSA) is 12.9 Å². The number of aromatic nitrogens is 1. The fourth-order valence-corrected chi connectivity index (χ4v) is 8.01. The molecule has 0 aliphatic rings. The molecule has 3 heteroatoms. The number of thiophene rings is 1. The zero-order chi connectivity index (χ0) is 22.5. The van der Waals surface area contributed by atoms with Crippen LogP contribution in [0.2, 0.25) is 17.3 Å². The van der Waals surface area contributed by atoms with E-state index in [0.717, 1.165) is 5.69 Å². The van der Waals surface area contributed by atoms with Gasteiger partial charge in [0, 0.05) is 6.20 Å². The minimum atomic E-state index is -1.78. The summed E-state index contributed by atoms with van der Waals surface area (Å²) in [5.41, 5.74) is 6.22. The Balaban J connectivity index is 1.62. The van der Waals surface area contributed by atoms with E-state index in [1.807, 2.05) is 17.5 Å². The first-order valence-electron chi connectivity index (χ1n) is 11.3. The van der Waals surface area contributed by atoms with Gasteiger partial charge in [0.1, 0.15) is 0 Å². The van der Waals surface area contributed by atoms with E-state index >= 15 is 0 Å². The van der Waals surface area contributed by atoms with Crippen molar-refractivity contribution >= 4 is 49.2 Å². The van der Waals surface area contributed by atoms with Crippen molar-refractivity contribution in [2.45, 2.75) is 37.0 Å². The van der Waals surface area contributed by atoms with Gasteiger partial charge in [-0.05, 0) is 17.5 Å². The van der Waals surface area contributed by atoms with Crippen molar-refractivity contribution in [3.8, 4) is 22.4 Å². The molecule has 0 amide bonds. The molecule has 2 aromatic heterocycles. The van der Waals surface area contributed by atoms with E-state index in [9.17, 15) is 0 Å². The molecule has 0 aliphatic heterocycles. The zero-order valence-corrected chi connectivity index (χ0v) is 22.4. The zero-order valence-electron chi connectivity index (χ0n) is 19.4. The first-order valence-corrected chi connectivity index (χ1v) is 19.5. The normalized spacial score (nSPS) is 12.2. The first-order chi connectivity index (χ1) is 15.3. The van der Waals surface area contributed by atoms with Crippen molar-refractivity contribution in [1.29, 1.82) is 0 Å². The molecule has 160 valence electrons. The number of fused-ring (bicyclic) bond motifs is 3. The van der Waals surface area contributed by atoms with Gasteiger partial charge in [-0.2, -0.15) is 0 Å². The van der Waals surface area contributed by atoms with Gasteiger partial charge in [0.05, 0.1) is 0 Å². The number of nitrogens with zero attached hydrogens (tertiary/aromatic N) is 1. The Kier molecular flexibility index (Phi) is 5.47. The first kappa shape index (κ1) is 21.4. The third-order valence-electron chi connectivity index (χ3n) is 6.31. The van der Waals surface area contributed by atoms with Crippen LogP contribution in [0.1, 0.15) is 25.3 Å². The number of hydrogen-bond donors (Lipinski definition) is 0. The average molecular weight is 496 g/mol. The van der Waals surface area contributed by atoms with E-state index < -0.39 is 13.3 Å². The van der Waals surface area contributed by atoms with Crippen LogP contribution < -0.4 is 4.40 Å². The predicted octanol–water partition coefficient (Wildman–Crippen LogP) is 8.45. The van der Waals surface area contributed by atoms with Gasteiger partial charge < -0.3 is 0 Å². The molecule has 0 bridgehead atoms. The summed E-state index contributed by atoms with van der Waals surface area (Å²) < 4.78 is 4.21. The Morgan fingerprint density at radius 2 is 1.53 bits per heavy atom. The Labute approximate surface area is 197 Å². The van der Waals surface area contributed by atoms with Crippen LogP contribution in [-0.4, -0.2) is 18.3 Å². The second-order valence-electron chi connectivity index (χ2n) is 9.95. The van der Waals surface area contributed by atoms with Crippen LogP contribution >= 0.6 is 11.3 Å². The molecule has 0 N–H and O–H groups in total. The van der Waals surface area contributed by atoms with Crippen LogP contribution in [0.5, 0.6) is 0 Å². The second kappa shape index (κ2) is 8.17. The van der Waals surface area contributed by atoms with Crippen molar-refractivity contribution in [3.63, 3.8) is 0 Å². The summed E-state index contributed by atoms with van der Waals surface area (Å²) in [6.07, 6.45) is 1.94. The van der Waals surface area contributed by atoms with E-state index in [-0.39, 0.29) is 0 Å². The van der Waals surface area contributed by atoms with Gasteiger partial charge >= 0.3 is 161 Å².